The monoisotopic (exact) mass is 461 g/mol. The van der Waals surface area contributed by atoms with E-state index in [0.717, 1.165) is 0 Å². The van der Waals surface area contributed by atoms with Gasteiger partial charge in [-0.2, -0.15) is 12.6 Å². The lowest BCUT2D eigenvalue weighted by Gasteiger charge is -2.25. The number of rotatable bonds is 14. The highest BCUT2D eigenvalue weighted by Crippen LogP contribution is 2.06. The van der Waals surface area contributed by atoms with E-state index in [4.69, 9.17) is 11.5 Å². The predicted molar refractivity (Wildman–Crippen MR) is 118 cm³/mol. The second-order valence-electron chi connectivity index (χ2n) is 8.11. The number of nitrogens with two attached hydrogens (primary N) is 2. The predicted octanol–water partition coefficient (Wildman–Crippen LogP) is -1.25. The molecule has 0 aliphatic rings. The summed E-state index contributed by atoms with van der Waals surface area (Å²) in [6.07, 6.45) is 0.0640. The van der Waals surface area contributed by atoms with E-state index < -0.39 is 59.7 Å². The van der Waals surface area contributed by atoms with Gasteiger partial charge in [0.05, 0.1) is 6.04 Å². The van der Waals surface area contributed by atoms with Crippen LogP contribution in [0.4, 0.5) is 0 Å². The molecule has 0 saturated carbocycles. The van der Waals surface area contributed by atoms with Crippen molar-refractivity contribution in [2.24, 2.45) is 23.3 Å². The van der Waals surface area contributed by atoms with Crippen molar-refractivity contribution in [3.8, 4) is 0 Å². The van der Waals surface area contributed by atoms with Crippen LogP contribution in [0.1, 0.15) is 47.0 Å². The van der Waals surface area contributed by atoms with Gasteiger partial charge in [-0.1, -0.05) is 27.7 Å². The molecule has 4 atom stereocenters. The molecule has 0 aromatic rings. The van der Waals surface area contributed by atoms with Gasteiger partial charge in [0.15, 0.2) is 0 Å². The van der Waals surface area contributed by atoms with Gasteiger partial charge in [0, 0.05) is 12.2 Å². The Morgan fingerprint density at radius 1 is 0.903 bits per heavy atom. The van der Waals surface area contributed by atoms with Crippen molar-refractivity contribution in [3.63, 3.8) is 0 Å². The number of carboxylic acid groups (broad SMARTS) is 1. The van der Waals surface area contributed by atoms with E-state index in [-0.39, 0.29) is 24.5 Å². The zero-order valence-electron chi connectivity index (χ0n) is 18.4. The molecule has 0 aliphatic carbocycles. The maximum Gasteiger partial charge on any atom is 0.326 e. The van der Waals surface area contributed by atoms with E-state index in [2.05, 4.69) is 28.6 Å². The van der Waals surface area contributed by atoms with Gasteiger partial charge >= 0.3 is 5.97 Å². The molecule has 11 nitrogen and oxygen atoms in total. The van der Waals surface area contributed by atoms with E-state index in [9.17, 15) is 29.1 Å². The Morgan fingerprint density at radius 2 is 1.42 bits per heavy atom. The third kappa shape index (κ3) is 11.0. The molecule has 0 spiro atoms. The zero-order chi connectivity index (χ0) is 24.3. The molecule has 0 saturated heterocycles. The van der Waals surface area contributed by atoms with Crippen molar-refractivity contribution >= 4 is 42.2 Å². The Hall–Kier alpha value is -2.34. The molecule has 0 aliphatic heterocycles. The van der Waals surface area contributed by atoms with Crippen molar-refractivity contribution in [2.45, 2.75) is 71.1 Å². The Balaban J connectivity index is 5.31. The Morgan fingerprint density at radius 3 is 1.84 bits per heavy atom. The third-order valence-electron chi connectivity index (χ3n) is 4.42. The van der Waals surface area contributed by atoms with Crippen LogP contribution in [0.3, 0.4) is 0 Å². The molecule has 0 aromatic heterocycles. The first kappa shape index (κ1) is 28.7. The van der Waals surface area contributed by atoms with Crippen LogP contribution in [0.15, 0.2) is 0 Å². The summed E-state index contributed by atoms with van der Waals surface area (Å²) in [4.78, 5) is 60.0. The fourth-order valence-corrected chi connectivity index (χ4v) is 2.94. The fourth-order valence-electron chi connectivity index (χ4n) is 2.68. The van der Waals surface area contributed by atoms with Gasteiger partial charge in [-0.3, -0.25) is 19.2 Å². The van der Waals surface area contributed by atoms with Crippen LogP contribution in [0, 0.1) is 11.8 Å². The number of nitrogens with one attached hydrogen (secondary N) is 3. The number of amides is 4. The Bertz CT molecular complexity index is 658. The first-order chi connectivity index (χ1) is 14.3. The molecule has 4 unspecified atom stereocenters. The zero-order valence-corrected chi connectivity index (χ0v) is 19.3. The maximum absolute atomic E-state index is 12.6. The molecule has 0 heterocycles. The summed E-state index contributed by atoms with van der Waals surface area (Å²) in [5, 5.41) is 16.5. The lowest BCUT2D eigenvalue weighted by Crippen LogP contribution is -2.58. The van der Waals surface area contributed by atoms with Gasteiger partial charge in [0.2, 0.25) is 23.6 Å². The smallest absolute Gasteiger partial charge is 0.326 e. The lowest BCUT2D eigenvalue weighted by molar-refractivity contribution is -0.143. The highest BCUT2D eigenvalue weighted by molar-refractivity contribution is 7.80. The summed E-state index contributed by atoms with van der Waals surface area (Å²) in [6, 6.07) is -4.32. The maximum atomic E-state index is 12.6. The average molecular weight is 462 g/mol. The van der Waals surface area contributed by atoms with E-state index in [1.165, 1.54) is 0 Å². The van der Waals surface area contributed by atoms with Gasteiger partial charge in [-0.25, -0.2) is 4.79 Å². The average Bonchev–Trinajstić information content (AvgIpc) is 2.65. The number of carbonyl (C=O) groups is 5. The van der Waals surface area contributed by atoms with E-state index >= 15 is 0 Å². The van der Waals surface area contributed by atoms with Crippen LogP contribution in [-0.4, -0.2) is 64.6 Å². The summed E-state index contributed by atoms with van der Waals surface area (Å²) in [7, 11) is 0. The van der Waals surface area contributed by atoms with Crippen LogP contribution < -0.4 is 27.4 Å². The van der Waals surface area contributed by atoms with E-state index in [1.54, 1.807) is 13.8 Å². The summed E-state index contributed by atoms with van der Waals surface area (Å²) in [5.41, 5.74) is 11.0. The quantitative estimate of drug-likeness (QED) is 0.157. The van der Waals surface area contributed by atoms with Gasteiger partial charge in [0.1, 0.15) is 18.1 Å². The Labute approximate surface area is 187 Å². The highest BCUT2D eigenvalue weighted by atomic mass is 32.1. The number of carboxylic acids is 1. The molecule has 8 N–H and O–H groups in total. The van der Waals surface area contributed by atoms with Crippen molar-refractivity contribution in [3.05, 3.63) is 0 Å². The molecule has 4 amide bonds. The van der Waals surface area contributed by atoms with Gasteiger partial charge in [-0.15, -0.1) is 0 Å². The highest BCUT2D eigenvalue weighted by Gasteiger charge is 2.31. The van der Waals surface area contributed by atoms with Crippen molar-refractivity contribution < 1.29 is 29.1 Å². The largest absolute Gasteiger partial charge is 0.480 e. The second kappa shape index (κ2) is 13.9. The van der Waals surface area contributed by atoms with Crippen molar-refractivity contribution in [1.82, 2.24) is 16.0 Å². The molecule has 0 fully saturated rings. The SMILES string of the molecule is CC(C)CC(N)C(=O)NC(CS)C(=O)NC(CCC(N)=O)C(=O)NC(C(=O)O)C(C)C. The molecular weight excluding hydrogens is 426 g/mol. The summed E-state index contributed by atoms with van der Waals surface area (Å²) >= 11 is 4.07. The van der Waals surface area contributed by atoms with Crippen LogP contribution in [0.25, 0.3) is 0 Å². The molecule has 0 bridgehead atoms. The molecule has 0 aromatic carbocycles. The van der Waals surface area contributed by atoms with E-state index in [0.29, 0.717) is 6.42 Å². The molecule has 0 radical (unpaired) electrons. The fraction of sp³-hybridized carbons (Fsp3) is 0.737. The van der Waals surface area contributed by atoms with Crippen LogP contribution in [0.5, 0.6) is 0 Å². The second-order valence-corrected chi connectivity index (χ2v) is 8.48. The van der Waals surface area contributed by atoms with Crippen molar-refractivity contribution in [2.75, 3.05) is 5.75 Å². The van der Waals surface area contributed by atoms with Crippen molar-refractivity contribution in [1.29, 1.82) is 0 Å². The number of hydrogen-bond donors (Lipinski definition) is 7. The molecule has 178 valence electrons. The van der Waals surface area contributed by atoms with Crippen LogP contribution in [0.2, 0.25) is 0 Å². The minimum atomic E-state index is -1.23. The first-order valence-electron chi connectivity index (χ1n) is 10.1. The third-order valence-corrected chi connectivity index (χ3v) is 4.79. The standard InChI is InChI=1S/C19H35N5O6S/c1-9(2)7-11(20)16(26)23-13(8-31)18(28)22-12(5-6-14(21)25)17(27)24-15(10(3)4)19(29)30/h9-13,15,31H,5-8,20H2,1-4H3,(H2,21,25)(H,22,28)(H,23,26)(H,24,27)(H,29,30). The lowest BCUT2D eigenvalue weighted by atomic mass is 10.0. The van der Waals surface area contributed by atoms with Gasteiger partial charge < -0.3 is 32.5 Å². The number of hydrogen-bond acceptors (Lipinski definition) is 7. The normalized spacial score (nSPS) is 15.0. The van der Waals surface area contributed by atoms with Gasteiger partial charge in [0.25, 0.3) is 0 Å². The number of carbonyl (C=O) groups excluding carboxylic acids is 4. The topological polar surface area (TPSA) is 194 Å². The summed E-state index contributed by atoms with van der Waals surface area (Å²) in [6.45, 7) is 7.03. The molecule has 12 heteroatoms. The number of primary amides is 1. The Kier molecular flexibility index (Phi) is 12.8. The summed E-state index contributed by atoms with van der Waals surface area (Å²) in [5.74, 6) is -4.27. The molecular formula is C19H35N5O6S. The first-order valence-corrected chi connectivity index (χ1v) is 10.7. The minimum absolute atomic E-state index is 0.0696. The van der Waals surface area contributed by atoms with Gasteiger partial charge in [-0.05, 0) is 24.7 Å². The number of aliphatic carboxylic acids is 1. The molecule has 31 heavy (non-hydrogen) atoms. The van der Waals surface area contributed by atoms with Crippen LogP contribution >= 0.6 is 12.6 Å². The minimum Gasteiger partial charge on any atom is -0.480 e. The summed E-state index contributed by atoms with van der Waals surface area (Å²) < 4.78 is 0. The number of thiol groups is 1. The van der Waals surface area contributed by atoms with E-state index in [1.807, 2.05) is 13.8 Å². The molecule has 0 rings (SSSR count). The van der Waals surface area contributed by atoms with Crippen LogP contribution in [-0.2, 0) is 24.0 Å².